The fourth-order valence-electron chi connectivity index (χ4n) is 3.90. The van der Waals surface area contributed by atoms with Crippen LogP contribution >= 0.6 is 11.3 Å². The molecule has 5 aromatic rings. The summed E-state index contributed by atoms with van der Waals surface area (Å²) in [5.74, 6) is 0. The summed E-state index contributed by atoms with van der Waals surface area (Å²) in [6, 6.07) is 34.1. The van der Waals surface area contributed by atoms with E-state index in [1.807, 2.05) is 6.07 Å². The lowest BCUT2D eigenvalue weighted by Crippen LogP contribution is -2.12. The fraction of sp³-hybridized carbons (Fsp3) is 0.0690. The van der Waals surface area contributed by atoms with Crippen LogP contribution in [0.2, 0.25) is 0 Å². The molecule has 0 amide bonds. The van der Waals surface area contributed by atoms with Crippen molar-refractivity contribution in [2.75, 3.05) is 4.90 Å². The molecule has 0 fully saturated rings. The maximum Gasteiger partial charge on any atom is 0.117 e. The predicted molar refractivity (Wildman–Crippen MR) is 139 cm³/mol. The molecule has 0 aliphatic heterocycles. The van der Waals surface area contributed by atoms with Crippen LogP contribution in [-0.2, 0) is 0 Å². The minimum atomic E-state index is 1.02. The maximum atomic E-state index is 4.70. The van der Waals surface area contributed by atoms with E-state index in [9.17, 15) is 0 Å². The predicted octanol–water partition coefficient (Wildman–Crippen LogP) is 8.55. The highest BCUT2D eigenvalue weighted by Gasteiger charge is 2.15. The molecule has 0 saturated heterocycles. The number of anilines is 3. The van der Waals surface area contributed by atoms with Gasteiger partial charge in [0, 0.05) is 17.1 Å². The standard InChI is InChI=1S/C29H24N2S/c1-21-9-3-6-12-26(21)31(27-13-7-4-10-22(27)2)24-18-15-23(16-19-24)17-20-29-30-25-11-5-8-14-28(25)32-29/h3-20H,1-2H3. The second kappa shape index (κ2) is 8.81. The van der Waals surface area contributed by atoms with E-state index < -0.39 is 0 Å². The van der Waals surface area contributed by atoms with Crippen molar-refractivity contribution in [1.29, 1.82) is 0 Å². The largest absolute Gasteiger partial charge is 0.310 e. The summed E-state index contributed by atoms with van der Waals surface area (Å²) in [6.45, 7) is 4.32. The van der Waals surface area contributed by atoms with Crippen LogP contribution in [-0.4, -0.2) is 4.98 Å². The number of para-hydroxylation sites is 3. The van der Waals surface area contributed by atoms with Crippen molar-refractivity contribution in [2.45, 2.75) is 13.8 Å². The number of fused-ring (bicyclic) bond motifs is 1. The number of rotatable bonds is 5. The summed E-state index contributed by atoms with van der Waals surface area (Å²) in [5, 5.41) is 1.02. The van der Waals surface area contributed by atoms with Gasteiger partial charge in [-0.2, -0.15) is 0 Å². The molecule has 156 valence electrons. The zero-order valence-electron chi connectivity index (χ0n) is 18.2. The monoisotopic (exact) mass is 432 g/mol. The van der Waals surface area contributed by atoms with Gasteiger partial charge < -0.3 is 4.90 Å². The Bertz CT molecular complexity index is 1320. The van der Waals surface area contributed by atoms with Gasteiger partial charge in [-0.05, 0) is 73.0 Å². The van der Waals surface area contributed by atoms with E-state index in [1.54, 1.807) is 11.3 Å². The van der Waals surface area contributed by atoms with Crippen LogP contribution in [0.1, 0.15) is 21.7 Å². The zero-order valence-corrected chi connectivity index (χ0v) is 19.0. The Kier molecular flexibility index (Phi) is 5.57. The first-order valence-electron chi connectivity index (χ1n) is 10.7. The topological polar surface area (TPSA) is 16.1 Å². The molecule has 0 radical (unpaired) electrons. The molecule has 0 N–H and O–H groups in total. The maximum absolute atomic E-state index is 4.70. The lowest BCUT2D eigenvalue weighted by Gasteiger charge is -2.28. The minimum absolute atomic E-state index is 1.02. The van der Waals surface area contributed by atoms with Crippen LogP contribution in [0.4, 0.5) is 17.1 Å². The number of aromatic nitrogens is 1. The second-order valence-electron chi connectivity index (χ2n) is 7.85. The van der Waals surface area contributed by atoms with Gasteiger partial charge >= 0.3 is 0 Å². The van der Waals surface area contributed by atoms with Crippen molar-refractivity contribution < 1.29 is 0 Å². The molecule has 0 bridgehead atoms. The summed E-state index contributed by atoms with van der Waals surface area (Å²) in [5.41, 5.74) is 8.23. The summed E-state index contributed by atoms with van der Waals surface area (Å²) >= 11 is 1.72. The third kappa shape index (κ3) is 4.08. The van der Waals surface area contributed by atoms with Crippen LogP contribution < -0.4 is 4.90 Å². The van der Waals surface area contributed by atoms with Gasteiger partial charge in [0.25, 0.3) is 0 Å². The molecule has 1 aromatic heterocycles. The quantitative estimate of drug-likeness (QED) is 0.276. The second-order valence-corrected chi connectivity index (χ2v) is 8.92. The summed E-state index contributed by atoms with van der Waals surface area (Å²) in [7, 11) is 0. The highest BCUT2D eigenvalue weighted by atomic mass is 32.1. The van der Waals surface area contributed by atoms with Crippen LogP contribution in [0, 0.1) is 13.8 Å². The van der Waals surface area contributed by atoms with E-state index in [-0.39, 0.29) is 0 Å². The van der Waals surface area contributed by atoms with Gasteiger partial charge in [0.15, 0.2) is 0 Å². The summed E-state index contributed by atoms with van der Waals surface area (Å²) in [4.78, 5) is 7.03. The van der Waals surface area contributed by atoms with Gasteiger partial charge in [-0.1, -0.05) is 66.7 Å². The lowest BCUT2D eigenvalue weighted by molar-refractivity contribution is 1.22. The Hall–Kier alpha value is -3.69. The molecule has 3 heteroatoms. The fourth-order valence-corrected chi connectivity index (χ4v) is 4.77. The molecule has 0 spiro atoms. The average Bonchev–Trinajstić information content (AvgIpc) is 3.24. The first kappa shape index (κ1) is 20.2. The SMILES string of the molecule is Cc1ccccc1N(c1ccc(C=Cc2nc3ccccc3s2)cc1)c1ccccc1C. The van der Waals surface area contributed by atoms with Gasteiger partial charge in [-0.3, -0.25) is 0 Å². The van der Waals surface area contributed by atoms with E-state index in [0.29, 0.717) is 0 Å². The summed E-state index contributed by atoms with van der Waals surface area (Å²) in [6.07, 6.45) is 4.23. The van der Waals surface area contributed by atoms with Gasteiger partial charge in [0.05, 0.1) is 10.2 Å². The normalized spacial score (nSPS) is 11.3. The Morgan fingerprint density at radius 3 is 1.88 bits per heavy atom. The highest BCUT2D eigenvalue weighted by molar-refractivity contribution is 7.19. The Morgan fingerprint density at radius 2 is 1.25 bits per heavy atom. The molecular weight excluding hydrogens is 408 g/mol. The van der Waals surface area contributed by atoms with E-state index >= 15 is 0 Å². The number of benzene rings is 4. The van der Waals surface area contributed by atoms with Crippen LogP contribution in [0.5, 0.6) is 0 Å². The molecule has 5 rings (SSSR count). The van der Waals surface area contributed by atoms with E-state index in [4.69, 9.17) is 4.98 Å². The molecule has 32 heavy (non-hydrogen) atoms. The van der Waals surface area contributed by atoms with Crippen molar-refractivity contribution in [2.24, 2.45) is 0 Å². The van der Waals surface area contributed by atoms with E-state index in [2.05, 4.69) is 122 Å². The molecule has 1 heterocycles. The van der Waals surface area contributed by atoms with Gasteiger partial charge in [-0.25, -0.2) is 4.98 Å². The number of hydrogen-bond donors (Lipinski definition) is 0. The lowest BCUT2D eigenvalue weighted by atomic mass is 10.1. The molecule has 4 aromatic carbocycles. The Balaban J connectivity index is 1.48. The van der Waals surface area contributed by atoms with Crippen molar-refractivity contribution in [3.05, 3.63) is 119 Å². The van der Waals surface area contributed by atoms with Gasteiger partial charge in [0.2, 0.25) is 0 Å². The number of hydrogen-bond acceptors (Lipinski definition) is 3. The average molecular weight is 433 g/mol. The molecular formula is C29H24N2S. The van der Waals surface area contributed by atoms with Crippen molar-refractivity contribution in [3.63, 3.8) is 0 Å². The third-order valence-electron chi connectivity index (χ3n) is 5.59. The Morgan fingerprint density at radius 1 is 0.656 bits per heavy atom. The first-order chi connectivity index (χ1) is 15.7. The molecule has 0 aliphatic rings. The smallest absolute Gasteiger partial charge is 0.117 e. The third-order valence-corrected chi connectivity index (χ3v) is 6.59. The van der Waals surface area contributed by atoms with Crippen molar-refractivity contribution >= 4 is 50.8 Å². The van der Waals surface area contributed by atoms with Gasteiger partial charge in [-0.15, -0.1) is 11.3 Å². The number of nitrogens with zero attached hydrogens (tertiary/aromatic N) is 2. The van der Waals surface area contributed by atoms with Gasteiger partial charge in [0.1, 0.15) is 5.01 Å². The molecule has 0 aliphatic carbocycles. The first-order valence-corrected chi connectivity index (χ1v) is 11.6. The molecule has 2 nitrogen and oxygen atoms in total. The molecule has 0 saturated carbocycles. The van der Waals surface area contributed by atoms with Crippen molar-refractivity contribution in [1.82, 2.24) is 4.98 Å². The van der Waals surface area contributed by atoms with Crippen molar-refractivity contribution in [3.8, 4) is 0 Å². The van der Waals surface area contributed by atoms with E-state index in [1.165, 1.54) is 27.2 Å². The highest BCUT2D eigenvalue weighted by Crippen LogP contribution is 2.38. The molecule has 0 unspecified atom stereocenters. The number of thiazole rings is 1. The minimum Gasteiger partial charge on any atom is -0.310 e. The van der Waals surface area contributed by atoms with Crippen LogP contribution in [0.25, 0.3) is 22.4 Å². The van der Waals surface area contributed by atoms with Crippen LogP contribution in [0.15, 0.2) is 97.1 Å². The van der Waals surface area contributed by atoms with Crippen LogP contribution in [0.3, 0.4) is 0 Å². The Labute approximate surface area is 193 Å². The summed E-state index contributed by atoms with van der Waals surface area (Å²) < 4.78 is 1.22. The van der Waals surface area contributed by atoms with E-state index in [0.717, 1.165) is 21.8 Å². The number of aryl methyl sites for hydroxylation is 2. The zero-order chi connectivity index (χ0) is 21.9. The molecule has 0 atom stereocenters.